The van der Waals surface area contributed by atoms with E-state index in [2.05, 4.69) is 19.9 Å². The van der Waals surface area contributed by atoms with Gasteiger partial charge in [0, 0.05) is 11.3 Å². The van der Waals surface area contributed by atoms with Gasteiger partial charge in [0.2, 0.25) is 11.1 Å². The van der Waals surface area contributed by atoms with Gasteiger partial charge >= 0.3 is 5.97 Å². The molecule has 0 aliphatic carbocycles. The Kier molecular flexibility index (Phi) is 4.84. The molecule has 0 aliphatic rings. The summed E-state index contributed by atoms with van der Waals surface area (Å²) in [6.45, 7) is 1.90. The summed E-state index contributed by atoms with van der Waals surface area (Å²) in [6, 6.07) is 0. The third-order valence-electron chi connectivity index (χ3n) is 1.85. The zero-order chi connectivity index (χ0) is 12.0. The maximum atomic E-state index is 11.2. The summed E-state index contributed by atoms with van der Waals surface area (Å²) in [5, 5.41) is 6.96. The van der Waals surface area contributed by atoms with Gasteiger partial charge in [-0.3, -0.25) is 0 Å². The van der Waals surface area contributed by atoms with Crippen LogP contribution in [0, 0.1) is 0 Å². The maximum absolute atomic E-state index is 11.2. The first kappa shape index (κ1) is 12.6. The van der Waals surface area contributed by atoms with Gasteiger partial charge in [0.05, 0.1) is 7.11 Å². The molecule has 88 valence electrons. The molecule has 3 N–H and O–H groups in total. The molecule has 0 amide bonds. The van der Waals surface area contributed by atoms with Gasteiger partial charge < -0.3 is 10.5 Å². The third-order valence-corrected chi connectivity index (χ3v) is 2.63. The lowest BCUT2D eigenvalue weighted by Crippen LogP contribution is -2.04. The first-order chi connectivity index (χ1) is 7.67. The van der Waals surface area contributed by atoms with E-state index in [1.54, 1.807) is 0 Å². The van der Waals surface area contributed by atoms with Crippen molar-refractivity contribution in [1.82, 2.24) is 15.2 Å². The van der Waals surface area contributed by atoms with Crippen molar-refractivity contribution >= 4 is 23.7 Å². The molecule has 0 aliphatic heterocycles. The van der Waals surface area contributed by atoms with Crippen molar-refractivity contribution in [3.8, 4) is 0 Å². The van der Waals surface area contributed by atoms with Crippen LogP contribution < -0.4 is 5.73 Å². The van der Waals surface area contributed by atoms with Crippen molar-refractivity contribution in [2.45, 2.75) is 18.5 Å². The summed E-state index contributed by atoms with van der Waals surface area (Å²) in [5.41, 5.74) is 6.03. The highest BCUT2D eigenvalue weighted by molar-refractivity contribution is 7.99. The Bertz CT molecular complexity index is 389. The molecule has 1 aromatic heterocycles. The molecule has 0 bridgehead atoms. The van der Waals surface area contributed by atoms with E-state index in [-0.39, 0.29) is 11.9 Å². The van der Waals surface area contributed by atoms with Gasteiger partial charge in [-0.05, 0) is 6.42 Å². The molecule has 1 rings (SSSR count). The van der Waals surface area contributed by atoms with E-state index >= 15 is 0 Å². The first-order valence-electron chi connectivity index (χ1n) is 4.75. The number of carbonyl (C=O) groups excluding carboxylic acids is 1. The minimum Gasteiger partial charge on any atom is -0.466 e. The van der Waals surface area contributed by atoms with Crippen LogP contribution in [0.1, 0.15) is 13.3 Å². The van der Waals surface area contributed by atoms with Gasteiger partial charge in [0.15, 0.2) is 0 Å². The molecule has 0 saturated heterocycles. The molecule has 1 heterocycles. The Hall–Kier alpha value is -1.50. The fourth-order valence-electron chi connectivity index (χ4n) is 1.04. The van der Waals surface area contributed by atoms with Crippen molar-refractivity contribution in [1.29, 1.82) is 0 Å². The highest BCUT2D eigenvalue weighted by atomic mass is 32.2. The van der Waals surface area contributed by atoms with E-state index in [0.717, 1.165) is 0 Å². The number of nitrogens with two attached hydrogens (primary N) is 1. The van der Waals surface area contributed by atoms with Crippen LogP contribution in [0.25, 0.3) is 0 Å². The predicted molar refractivity (Wildman–Crippen MR) is 61.9 cm³/mol. The molecular formula is C9H14N4O2S. The zero-order valence-electron chi connectivity index (χ0n) is 9.19. The molecular weight excluding hydrogens is 228 g/mol. The number of ether oxygens (including phenoxy) is 1. The first-order valence-corrected chi connectivity index (χ1v) is 5.74. The summed E-state index contributed by atoms with van der Waals surface area (Å²) in [5.74, 6) is 0.600. The minimum atomic E-state index is -0.294. The second-order valence-corrected chi connectivity index (χ2v) is 3.88. The second kappa shape index (κ2) is 6.16. The standard InChI is InChI=1S/C9H14N4O2S/c1-3-6(7(14)15-2)4-5-16-9-11-8(10)12-13-9/h4H,3,5H2,1-2H3,(H3,10,11,12,13). The number of nitrogens with zero attached hydrogens (tertiary/aromatic N) is 2. The van der Waals surface area contributed by atoms with Gasteiger partial charge in [0.1, 0.15) is 0 Å². The number of aromatic amines is 1. The van der Waals surface area contributed by atoms with Crippen LogP contribution in [0.3, 0.4) is 0 Å². The lowest BCUT2D eigenvalue weighted by molar-refractivity contribution is -0.136. The number of nitrogens with one attached hydrogen (secondary N) is 1. The normalized spacial score (nSPS) is 11.5. The molecule has 0 radical (unpaired) electrons. The number of thioether (sulfide) groups is 1. The highest BCUT2D eigenvalue weighted by Crippen LogP contribution is 2.14. The molecule has 0 saturated carbocycles. The Morgan fingerprint density at radius 1 is 1.69 bits per heavy atom. The molecule has 0 fully saturated rings. The number of H-pyrrole nitrogens is 1. The van der Waals surface area contributed by atoms with Crippen molar-refractivity contribution in [3.05, 3.63) is 11.6 Å². The van der Waals surface area contributed by atoms with E-state index in [0.29, 0.717) is 22.9 Å². The third kappa shape index (κ3) is 3.58. The average Bonchev–Trinajstić information content (AvgIpc) is 2.69. The van der Waals surface area contributed by atoms with Crippen LogP contribution in [-0.2, 0) is 9.53 Å². The molecule has 0 aromatic carbocycles. The Labute approximate surface area is 97.7 Å². The van der Waals surface area contributed by atoms with E-state index in [1.165, 1.54) is 18.9 Å². The number of esters is 1. The van der Waals surface area contributed by atoms with E-state index in [1.807, 2.05) is 13.0 Å². The largest absolute Gasteiger partial charge is 0.466 e. The lowest BCUT2D eigenvalue weighted by atomic mass is 10.2. The molecule has 0 unspecified atom stereocenters. The topological polar surface area (TPSA) is 93.9 Å². The maximum Gasteiger partial charge on any atom is 0.333 e. The van der Waals surface area contributed by atoms with Gasteiger partial charge in [-0.1, -0.05) is 24.8 Å². The summed E-state index contributed by atoms with van der Waals surface area (Å²) in [6.07, 6.45) is 2.45. The van der Waals surface area contributed by atoms with Crippen LogP contribution in [0.2, 0.25) is 0 Å². The van der Waals surface area contributed by atoms with Crippen LogP contribution in [0.5, 0.6) is 0 Å². The van der Waals surface area contributed by atoms with Crippen LogP contribution in [0.15, 0.2) is 16.8 Å². The second-order valence-electron chi connectivity index (χ2n) is 2.89. The summed E-state index contributed by atoms with van der Waals surface area (Å²) < 4.78 is 4.64. The number of anilines is 1. The van der Waals surface area contributed by atoms with Crippen LogP contribution in [-0.4, -0.2) is 34.0 Å². The lowest BCUT2D eigenvalue weighted by Gasteiger charge is -2.00. The molecule has 16 heavy (non-hydrogen) atoms. The fraction of sp³-hybridized carbons (Fsp3) is 0.444. The predicted octanol–water partition coefficient (Wildman–Crippen LogP) is 0.988. The zero-order valence-corrected chi connectivity index (χ0v) is 10.0. The number of nitrogen functional groups attached to an aromatic ring is 1. The van der Waals surface area contributed by atoms with E-state index in [9.17, 15) is 4.79 Å². The van der Waals surface area contributed by atoms with Crippen molar-refractivity contribution in [3.63, 3.8) is 0 Å². The average molecular weight is 242 g/mol. The molecule has 7 heteroatoms. The number of rotatable bonds is 5. The van der Waals surface area contributed by atoms with E-state index in [4.69, 9.17) is 5.73 Å². The Morgan fingerprint density at radius 2 is 2.44 bits per heavy atom. The molecule has 1 aromatic rings. The van der Waals surface area contributed by atoms with Crippen molar-refractivity contribution < 1.29 is 9.53 Å². The van der Waals surface area contributed by atoms with Gasteiger partial charge in [0.25, 0.3) is 0 Å². The smallest absolute Gasteiger partial charge is 0.333 e. The molecule has 0 atom stereocenters. The quantitative estimate of drug-likeness (QED) is 0.454. The Balaban J connectivity index is 2.49. The minimum absolute atomic E-state index is 0.287. The van der Waals surface area contributed by atoms with Gasteiger partial charge in [-0.2, -0.15) is 4.98 Å². The van der Waals surface area contributed by atoms with Gasteiger partial charge in [-0.25, -0.2) is 9.89 Å². The van der Waals surface area contributed by atoms with Crippen LogP contribution in [0.4, 0.5) is 5.95 Å². The van der Waals surface area contributed by atoms with Gasteiger partial charge in [-0.15, -0.1) is 5.10 Å². The number of hydrogen-bond donors (Lipinski definition) is 2. The van der Waals surface area contributed by atoms with Crippen molar-refractivity contribution in [2.24, 2.45) is 0 Å². The number of carbonyl (C=O) groups is 1. The highest BCUT2D eigenvalue weighted by Gasteiger charge is 2.06. The Morgan fingerprint density at radius 3 is 2.94 bits per heavy atom. The summed E-state index contributed by atoms with van der Waals surface area (Å²) in [4.78, 5) is 15.2. The monoisotopic (exact) mass is 242 g/mol. The number of hydrogen-bond acceptors (Lipinski definition) is 6. The SMILES string of the molecule is CCC(=CCSc1n[nH]c(N)n1)C(=O)OC. The molecule has 6 nitrogen and oxygen atoms in total. The summed E-state index contributed by atoms with van der Waals surface area (Å²) in [7, 11) is 1.37. The van der Waals surface area contributed by atoms with Crippen LogP contribution >= 0.6 is 11.8 Å². The fourth-order valence-corrected chi connectivity index (χ4v) is 1.75. The van der Waals surface area contributed by atoms with E-state index < -0.39 is 0 Å². The number of methoxy groups -OCH3 is 1. The summed E-state index contributed by atoms with van der Waals surface area (Å²) >= 11 is 1.40. The van der Waals surface area contributed by atoms with Crippen molar-refractivity contribution in [2.75, 3.05) is 18.6 Å². The number of aromatic nitrogens is 3. The molecule has 0 spiro atoms.